The third-order valence-electron chi connectivity index (χ3n) is 4.41. The van der Waals surface area contributed by atoms with E-state index < -0.39 is 6.04 Å². The van der Waals surface area contributed by atoms with E-state index in [1.54, 1.807) is 11.8 Å². The molecule has 1 aliphatic heterocycles. The minimum absolute atomic E-state index is 0.0643. The number of pyridine rings is 1. The van der Waals surface area contributed by atoms with E-state index in [1.165, 1.54) is 12.1 Å². The molecule has 1 saturated heterocycles. The van der Waals surface area contributed by atoms with Gasteiger partial charge in [-0.05, 0) is 31.4 Å². The number of carbonyl (C=O) groups excluding carboxylic acids is 2. The molecule has 1 fully saturated rings. The van der Waals surface area contributed by atoms with Crippen molar-refractivity contribution in [2.75, 3.05) is 6.54 Å². The molecular weight excluding hydrogens is 318 g/mol. The van der Waals surface area contributed by atoms with Gasteiger partial charge in [0.1, 0.15) is 6.04 Å². The van der Waals surface area contributed by atoms with Crippen LogP contribution in [-0.2, 0) is 11.3 Å². The molecule has 1 aromatic heterocycles. The molecule has 6 heteroatoms. The van der Waals surface area contributed by atoms with Crippen LogP contribution in [0.5, 0.6) is 0 Å². The van der Waals surface area contributed by atoms with Gasteiger partial charge in [0.25, 0.3) is 5.91 Å². The van der Waals surface area contributed by atoms with Gasteiger partial charge in [-0.3, -0.25) is 14.4 Å². The number of hydrogen-bond donors (Lipinski definition) is 2. The number of aryl methyl sites for hydroxylation is 1. The number of piperidine rings is 1. The van der Waals surface area contributed by atoms with Crippen LogP contribution < -0.4 is 10.9 Å². The highest BCUT2D eigenvalue weighted by molar-refractivity contribution is 5.98. The fourth-order valence-electron chi connectivity index (χ4n) is 3.09. The molecule has 6 nitrogen and oxygen atoms in total. The van der Waals surface area contributed by atoms with Gasteiger partial charge in [0.2, 0.25) is 11.5 Å². The Hall–Kier alpha value is -2.89. The lowest BCUT2D eigenvalue weighted by Gasteiger charge is -2.32. The number of amides is 2. The van der Waals surface area contributed by atoms with E-state index in [0.29, 0.717) is 30.8 Å². The van der Waals surface area contributed by atoms with Gasteiger partial charge in [0.05, 0.1) is 5.56 Å². The molecule has 1 atom stereocenters. The first-order valence-electron chi connectivity index (χ1n) is 8.38. The summed E-state index contributed by atoms with van der Waals surface area (Å²) in [4.78, 5) is 40.8. The zero-order valence-electron chi connectivity index (χ0n) is 14.1. The van der Waals surface area contributed by atoms with Gasteiger partial charge in [0.15, 0.2) is 0 Å². The first-order valence-corrected chi connectivity index (χ1v) is 8.38. The maximum Gasteiger partial charge on any atom is 0.253 e. The molecular formula is C19H21N3O3. The molecule has 2 aromatic rings. The van der Waals surface area contributed by atoms with Crippen molar-refractivity contribution in [1.82, 2.24) is 15.2 Å². The number of aromatic nitrogens is 1. The number of benzene rings is 1. The summed E-state index contributed by atoms with van der Waals surface area (Å²) in [5, 5.41) is 2.81. The number of rotatable bonds is 4. The van der Waals surface area contributed by atoms with E-state index in [9.17, 15) is 14.4 Å². The molecule has 0 unspecified atom stereocenters. The lowest BCUT2D eigenvalue weighted by atomic mass is 10.0. The van der Waals surface area contributed by atoms with E-state index in [1.807, 2.05) is 30.3 Å². The third kappa shape index (κ3) is 3.96. The van der Waals surface area contributed by atoms with Gasteiger partial charge in [-0.25, -0.2) is 0 Å². The molecule has 130 valence electrons. The SMILES string of the molecule is Cc1[nH]c(=O)ccc1C(=O)N[C@@H]1CCCN(Cc2ccccc2)C1=O. The Bertz CT molecular complexity index is 829. The second kappa shape index (κ2) is 7.34. The number of aromatic amines is 1. The highest BCUT2D eigenvalue weighted by Crippen LogP contribution is 2.16. The fraction of sp³-hybridized carbons (Fsp3) is 0.316. The maximum absolute atomic E-state index is 12.7. The van der Waals surface area contributed by atoms with E-state index in [-0.39, 0.29) is 17.4 Å². The van der Waals surface area contributed by atoms with Crippen molar-refractivity contribution in [3.63, 3.8) is 0 Å². The number of likely N-dealkylation sites (tertiary alicyclic amines) is 1. The molecule has 0 saturated carbocycles. The predicted octanol–water partition coefficient (Wildman–Crippen LogP) is 1.60. The van der Waals surface area contributed by atoms with Crippen molar-refractivity contribution in [2.24, 2.45) is 0 Å². The van der Waals surface area contributed by atoms with Crippen LogP contribution in [0.1, 0.15) is 34.5 Å². The number of carbonyl (C=O) groups is 2. The lowest BCUT2D eigenvalue weighted by Crippen LogP contribution is -2.52. The summed E-state index contributed by atoms with van der Waals surface area (Å²) in [7, 11) is 0. The molecule has 2 amide bonds. The van der Waals surface area contributed by atoms with Crippen LogP contribution >= 0.6 is 0 Å². The monoisotopic (exact) mass is 339 g/mol. The Kier molecular flexibility index (Phi) is 4.97. The number of hydrogen-bond acceptors (Lipinski definition) is 3. The minimum atomic E-state index is -0.531. The summed E-state index contributed by atoms with van der Waals surface area (Å²) in [6.07, 6.45) is 1.46. The zero-order valence-corrected chi connectivity index (χ0v) is 14.1. The Balaban J connectivity index is 1.68. The van der Waals surface area contributed by atoms with Gasteiger partial charge in [0, 0.05) is 24.8 Å². The van der Waals surface area contributed by atoms with Crippen molar-refractivity contribution in [2.45, 2.75) is 32.4 Å². The topological polar surface area (TPSA) is 82.3 Å². The van der Waals surface area contributed by atoms with E-state index in [2.05, 4.69) is 10.3 Å². The minimum Gasteiger partial charge on any atom is -0.340 e. The van der Waals surface area contributed by atoms with E-state index >= 15 is 0 Å². The Morgan fingerprint density at radius 1 is 1.20 bits per heavy atom. The summed E-state index contributed by atoms with van der Waals surface area (Å²) >= 11 is 0. The van der Waals surface area contributed by atoms with Crippen molar-refractivity contribution in [3.05, 3.63) is 69.6 Å². The smallest absolute Gasteiger partial charge is 0.253 e. The number of H-pyrrole nitrogens is 1. The van der Waals surface area contributed by atoms with Crippen LogP contribution in [0.25, 0.3) is 0 Å². The van der Waals surface area contributed by atoms with E-state index in [4.69, 9.17) is 0 Å². The molecule has 25 heavy (non-hydrogen) atoms. The molecule has 0 radical (unpaired) electrons. The third-order valence-corrected chi connectivity index (χ3v) is 4.41. The second-order valence-corrected chi connectivity index (χ2v) is 6.27. The quantitative estimate of drug-likeness (QED) is 0.888. The van der Waals surface area contributed by atoms with Crippen LogP contribution in [0, 0.1) is 6.92 Å². The summed E-state index contributed by atoms with van der Waals surface area (Å²) in [5.41, 5.74) is 1.69. The molecule has 0 bridgehead atoms. The highest BCUT2D eigenvalue weighted by Gasteiger charge is 2.30. The van der Waals surface area contributed by atoms with Gasteiger partial charge in [-0.1, -0.05) is 30.3 Å². The first kappa shape index (κ1) is 17.0. The van der Waals surface area contributed by atoms with Crippen molar-refractivity contribution in [3.8, 4) is 0 Å². The standard InChI is InChI=1S/C19H21N3O3/c1-13-15(9-10-17(23)20-13)18(24)21-16-8-5-11-22(19(16)25)12-14-6-3-2-4-7-14/h2-4,6-7,9-10,16H,5,8,11-12H2,1H3,(H,20,23)(H,21,24)/t16-/m1/s1. The van der Waals surface area contributed by atoms with Crippen LogP contribution in [0.3, 0.4) is 0 Å². The van der Waals surface area contributed by atoms with Crippen LogP contribution in [0.4, 0.5) is 0 Å². The lowest BCUT2D eigenvalue weighted by molar-refractivity contribution is -0.136. The number of nitrogens with zero attached hydrogens (tertiary/aromatic N) is 1. The Labute approximate surface area is 145 Å². The fourth-order valence-corrected chi connectivity index (χ4v) is 3.09. The van der Waals surface area contributed by atoms with E-state index in [0.717, 1.165) is 12.0 Å². The molecule has 3 rings (SSSR count). The van der Waals surface area contributed by atoms with Gasteiger partial charge >= 0.3 is 0 Å². The zero-order chi connectivity index (χ0) is 17.8. The molecule has 1 aromatic carbocycles. The largest absolute Gasteiger partial charge is 0.340 e. The summed E-state index contributed by atoms with van der Waals surface area (Å²) in [6.45, 7) is 2.90. The van der Waals surface area contributed by atoms with Crippen molar-refractivity contribution < 1.29 is 9.59 Å². The van der Waals surface area contributed by atoms with Crippen LogP contribution in [0.2, 0.25) is 0 Å². The summed E-state index contributed by atoms with van der Waals surface area (Å²) < 4.78 is 0. The van der Waals surface area contributed by atoms with Crippen LogP contribution in [0.15, 0.2) is 47.3 Å². The van der Waals surface area contributed by atoms with Crippen molar-refractivity contribution in [1.29, 1.82) is 0 Å². The van der Waals surface area contributed by atoms with Gasteiger partial charge < -0.3 is 15.2 Å². The average molecular weight is 339 g/mol. The summed E-state index contributed by atoms with van der Waals surface area (Å²) in [5.74, 6) is -0.404. The second-order valence-electron chi connectivity index (χ2n) is 6.27. The molecule has 0 spiro atoms. The normalized spacial score (nSPS) is 17.4. The number of nitrogens with one attached hydrogen (secondary N) is 2. The van der Waals surface area contributed by atoms with Crippen molar-refractivity contribution >= 4 is 11.8 Å². The Morgan fingerprint density at radius 2 is 1.96 bits per heavy atom. The Morgan fingerprint density at radius 3 is 2.68 bits per heavy atom. The first-order chi connectivity index (χ1) is 12.0. The molecule has 2 heterocycles. The molecule has 0 aliphatic carbocycles. The average Bonchev–Trinajstić information content (AvgIpc) is 2.59. The molecule has 2 N–H and O–H groups in total. The van der Waals surface area contributed by atoms with Crippen LogP contribution in [-0.4, -0.2) is 34.3 Å². The van der Waals surface area contributed by atoms with Gasteiger partial charge in [-0.15, -0.1) is 0 Å². The molecule has 1 aliphatic rings. The maximum atomic E-state index is 12.7. The predicted molar refractivity (Wildman–Crippen MR) is 94.1 cm³/mol. The van der Waals surface area contributed by atoms with Gasteiger partial charge in [-0.2, -0.15) is 0 Å². The highest BCUT2D eigenvalue weighted by atomic mass is 16.2. The summed E-state index contributed by atoms with van der Waals surface area (Å²) in [6, 6.07) is 12.1.